The molecular formula is C31H44O4Si2. The fraction of sp³-hybridized carbons (Fsp3) is 0.452. The van der Waals surface area contributed by atoms with E-state index in [1.807, 2.05) is 0 Å². The first-order valence-corrected chi connectivity index (χ1v) is 18.0. The summed E-state index contributed by atoms with van der Waals surface area (Å²) in [6, 6.07) is 21.3. The molecule has 0 radical (unpaired) electrons. The number of hydrogen-bond donors (Lipinski definition) is 0. The second-order valence-corrected chi connectivity index (χ2v) is 21.5. The van der Waals surface area contributed by atoms with E-state index in [4.69, 9.17) is 13.6 Å². The first-order chi connectivity index (χ1) is 17.2. The van der Waals surface area contributed by atoms with Crippen molar-refractivity contribution in [1.82, 2.24) is 0 Å². The van der Waals surface area contributed by atoms with Crippen molar-refractivity contribution in [3.05, 3.63) is 84.1 Å². The van der Waals surface area contributed by atoms with Crippen LogP contribution in [0.3, 0.4) is 0 Å². The zero-order chi connectivity index (χ0) is 27.5. The molecule has 0 heterocycles. The molecule has 0 fully saturated rings. The van der Waals surface area contributed by atoms with E-state index >= 15 is 0 Å². The maximum absolute atomic E-state index is 11.7. The summed E-state index contributed by atoms with van der Waals surface area (Å²) in [6.45, 7) is 20.2. The van der Waals surface area contributed by atoms with Crippen LogP contribution in [0.25, 0.3) is 0 Å². The third-order valence-electron chi connectivity index (χ3n) is 7.69. The van der Waals surface area contributed by atoms with Gasteiger partial charge in [-0.15, -0.1) is 0 Å². The minimum atomic E-state index is -2.69. The van der Waals surface area contributed by atoms with E-state index < -0.39 is 16.6 Å². The lowest BCUT2D eigenvalue weighted by molar-refractivity contribution is -0.140. The Kier molecular flexibility index (Phi) is 8.77. The van der Waals surface area contributed by atoms with Gasteiger partial charge in [0.25, 0.3) is 8.32 Å². The van der Waals surface area contributed by atoms with Gasteiger partial charge in [0.05, 0.1) is 5.76 Å². The van der Waals surface area contributed by atoms with Crippen molar-refractivity contribution in [2.75, 3.05) is 13.2 Å². The van der Waals surface area contributed by atoms with E-state index in [-0.39, 0.29) is 28.6 Å². The molecule has 2 aromatic rings. The SMILES string of the molecule is CC(=O)OCC1=CC(O[Si](C)(C)C(C)(C)C)=CC1CO[Si](c1ccccc1)(c1ccccc1)C(C)(C)C. The van der Waals surface area contributed by atoms with E-state index in [9.17, 15) is 4.79 Å². The van der Waals surface area contributed by atoms with Gasteiger partial charge >= 0.3 is 5.97 Å². The van der Waals surface area contributed by atoms with Gasteiger partial charge in [-0.1, -0.05) is 102 Å². The van der Waals surface area contributed by atoms with Gasteiger partial charge in [0.1, 0.15) is 6.61 Å². The molecule has 4 nitrogen and oxygen atoms in total. The van der Waals surface area contributed by atoms with Crippen LogP contribution in [0.1, 0.15) is 48.5 Å². The molecule has 0 aliphatic heterocycles. The summed E-state index contributed by atoms with van der Waals surface area (Å²) in [5, 5.41) is 2.47. The quantitative estimate of drug-likeness (QED) is 0.268. The Bertz CT molecular complexity index is 1080. The van der Waals surface area contributed by atoms with E-state index in [1.54, 1.807) is 0 Å². The number of rotatable bonds is 9. The smallest absolute Gasteiger partial charge is 0.302 e. The molecule has 2 aromatic carbocycles. The van der Waals surface area contributed by atoms with Crippen molar-refractivity contribution in [3.63, 3.8) is 0 Å². The van der Waals surface area contributed by atoms with Gasteiger partial charge in [0.15, 0.2) is 0 Å². The van der Waals surface area contributed by atoms with Crippen molar-refractivity contribution in [1.29, 1.82) is 0 Å². The average molecular weight is 537 g/mol. The van der Waals surface area contributed by atoms with Crippen LogP contribution in [-0.4, -0.2) is 35.8 Å². The summed E-state index contributed by atoms with van der Waals surface area (Å²) >= 11 is 0. The third kappa shape index (κ3) is 6.54. The molecule has 1 atom stereocenters. The maximum Gasteiger partial charge on any atom is 0.302 e. The molecule has 0 saturated carbocycles. The average Bonchev–Trinajstić information content (AvgIpc) is 3.18. The monoisotopic (exact) mass is 536 g/mol. The molecule has 1 aliphatic carbocycles. The highest BCUT2D eigenvalue weighted by molar-refractivity contribution is 6.99. The van der Waals surface area contributed by atoms with Crippen LogP contribution in [-0.2, 0) is 18.4 Å². The Morgan fingerprint density at radius 3 is 1.78 bits per heavy atom. The van der Waals surface area contributed by atoms with Crippen LogP contribution in [0.15, 0.2) is 84.1 Å². The molecule has 0 amide bonds. The van der Waals surface area contributed by atoms with Crippen LogP contribution >= 0.6 is 0 Å². The summed E-state index contributed by atoms with van der Waals surface area (Å²) in [4.78, 5) is 11.7. The van der Waals surface area contributed by atoms with Crippen molar-refractivity contribution in [2.45, 2.75) is 71.6 Å². The number of benzene rings is 2. The first-order valence-electron chi connectivity index (χ1n) is 13.2. The predicted octanol–water partition coefficient (Wildman–Crippen LogP) is 6.59. The molecule has 1 aliphatic rings. The molecular weight excluding hydrogens is 493 g/mol. The summed E-state index contributed by atoms with van der Waals surface area (Å²) < 4.78 is 19.3. The van der Waals surface area contributed by atoms with Gasteiger partial charge in [-0.2, -0.15) is 0 Å². The zero-order valence-electron chi connectivity index (χ0n) is 24.1. The molecule has 3 rings (SSSR count). The lowest BCUT2D eigenvalue weighted by atomic mass is 10.1. The largest absolute Gasteiger partial charge is 0.544 e. The van der Waals surface area contributed by atoms with Gasteiger partial charge in [-0.05, 0) is 51.3 Å². The topological polar surface area (TPSA) is 44.8 Å². The Hall–Kier alpha value is -2.42. The summed E-state index contributed by atoms with van der Waals surface area (Å²) in [6.07, 6.45) is 4.22. The fourth-order valence-electron chi connectivity index (χ4n) is 4.62. The van der Waals surface area contributed by atoms with Gasteiger partial charge in [0.2, 0.25) is 8.32 Å². The van der Waals surface area contributed by atoms with Crippen molar-refractivity contribution in [3.8, 4) is 0 Å². The molecule has 37 heavy (non-hydrogen) atoms. The van der Waals surface area contributed by atoms with E-state index in [2.05, 4.69) is 127 Å². The van der Waals surface area contributed by atoms with Gasteiger partial charge < -0.3 is 13.6 Å². The Morgan fingerprint density at radius 1 is 0.838 bits per heavy atom. The maximum atomic E-state index is 11.7. The highest BCUT2D eigenvalue weighted by Gasteiger charge is 2.50. The highest BCUT2D eigenvalue weighted by Crippen LogP contribution is 2.41. The van der Waals surface area contributed by atoms with E-state index in [0.29, 0.717) is 6.61 Å². The van der Waals surface area contributed by atoms with E-state index in [0.717, 1.165) is 11.3 Å². The van der Waals surface area contributed by atoms with Crippen molar-refractivity contribution >= 4 is 33.0 Å². The van der Waals surface area contributed by atoms with Crippen LogP contribution < -0.4 is 10.4 Å². The van der Waals surface area contributed by atoms with Crippen molar-refractivity contribution < 1.29 is 18.4 Å². The van der Waals surface area contributed by atoms with Crippen LogP contribution in [0.5, 0.6) is 0 Å². The lowest BCUT2D eigenvalue weighted by Crippen LogP contribution is -2.66. The second-order valence-electron chi connectivity index (χ2n) is 12.5. The minimum absolute atomic E-state index is 0.0271. The third-order valence-corrected chi connectivity index (χ3v) is 17.1. The molecule has 200 valence electrons. The summed E-state index contributed by atoms with van der Waals surface area (Å²) in [5.74, 6) is 0.553. The molecule has 0 N–H and O–H groups in total. The summed E-state index contributed by atoms with van der Waals surface area (Å²) in [5.41, 5.74) is 1.02. The lowest BCUT2D eigenvalue weighted by Gasteiger charge is -2.43. The Morgan fingerprint density at radius 2 is 1.35 bits per heavy atom. The fourth-order valence-corrected chi connectivity index (χ4v) is 10.2. The first kappa shape index (κ1) is 29.1. The molecule has 0 bridgehead atoms. The number of hydrogen-bond acceptors (Lipinski definition) is 4. The predicted molar refractivity (Wildman–Crippen MR) is 158 cm³/mol. The van der Waals surface area contributed by atoms with Gasteiger partial charge in [-0.25, -0.2) is 0 Å². The number of esters is 1. The van der Waals surface area contributed by atoms with Gasteiger partial charge in [-0.3, -0.25) is 4.79 Å². The zero-order valence-corrected chi connectivity index (χ0v) is 26.1. The van der Waals surface area contributed by atoms with Crippen LogP contribution in [0, 0.1) is 5.92 Å². The van der Waals surface area contributed by atoms with Crippen LogP contribution in [0.2, 0.25) is 23.2 Å². The molecule has 1 unspecified atom stereocenters. The normalized spacial score (nSPS) is 16.7. The highest BCUT2D eigenvalue weighted by atomic mass is 28.4. The molecule has 0 saturated heterocycles. The molecule has 6 heteroatoms. The molecule has 0 spiro atoms. The number of ether oxygens (including phenoxy) is 1. The Balaban J connectivity index is 2.00. The number of carbonyl (C=O) groups excluding carboxylic acids is 1. The van der Waals surface area contributed by atoms with Crippen molar-refractivity contribution in [2.24, 2.45) is 5.92 Å². The second kappa shape index (κ2) is 11.1. The summed E-state index contributed by atoms with van der Waals surface area (Å²) in [7, 11) is -4.71. The number of allylic oxidation sites excluding steroid dienone is 1. The minimum Gasteiger partial charge on any atom is -0.544 e. The molecule has 0 aromatic heterocycles. The number of carbonyl (C=O) groups is 1. The van der Waals surface area contributed by atoms with E-state index in [1.165, 1.54) is 17.3 Å². The standard InChI is InChI=1S/C31H44O4Si2/c1-24(32)33-22-25-20-27(35-36(8,9)30(2,3)4)21-26(25)23-34-37(31(5,6)7,28-16-12-10-13-17-28)29-18-14-11-15-19-29/h10-21,26H,22-23H2,1-9H3. The Labute approximate surface area is 226 Å². The van der Waals surface area contributed by atoms with Crippen LogP contribution in [0.4, 0.5) is 0 Å². The van der Waals surface area contributed by atoms with Gasteiger partial charge in [0, 0.05) is 19.4 Å².